The van der Waals surface area contributed by atoms with Crippen LogP contribution >= 0.6 is 11.6 Å². The van der Waals surface area contributed by atoms with Gasteiger partial charge in [0.25, 0.3) is 0 Å². The molecule has 116 valence electrons. The maximum absolute atomic E-state index is 12.2. The molecule has 3 N–H and O–H groups in total. The Bertz CT molecular complexity index is 607. The number of rotatable bonds is 4. The number of amides is 1. The van der Waals surface area contributed by atoms with Crippen LogP contribution in [0.3, 0.4) is 0 Å². The third-order valence-corrected chi connectivity index (χ3v) is 5.33. The molecule has 2 rings (SSSR count). The van der Waals surface area contributed by atoms with Gasteiger partial charge < -0.3 is 10.6 Å². The van der Waals surface area contributed by atoms with Crippen LogP contribution < -0.4 is 10.5 Å². The first-order chi connectivity index (χ1) is 9.92. The van der Waals surface area contributed by atoms with Crippen LogP contribution in [0.2, 0.25) is 5.02 Å². The molecule has 1 aliphatic heterocycles. The fourth-order valence-corrected chi connectivity index (χ4v) is 3.94. The van der Waals surface area contributed by atoms with Gasteiger partial charge in [-0.1, -0.05) is 17.7 Å². The molecule has 0 spiro atoms. The molecular formula is C13H18ClN3O3S. The van der Waals surface area contributed by atoms with Gasteiger partial charge in [-0.2, -0.15) is 0 Å². The SMILES string of the molecule is Nc1cccc(Cl)c1S(=O)(=O)NCC(=O)N1CCCCC1. The van der Waals surface area contributed by atoms with Gasteiger partial charge in [-0.05, 0) is 31.4 Å². The third-order valence-electron chi connectivity index (χ3n) is 3.39. The van der Waals surface area contributed by atoms with Crippen LogP contribution in [-0.2, 0) is 14.8 Å². The molecule has 0 unspecified atom stereocenters. The zero-order valence-corrected chi connectivity index (χ0v) is 13.1. The van der Waals surface area contributed by atoms with Gasteiger partial charge in [-0.25, -0.2) is 13.1 Å². The summed E-state index contributed by atoms with van der Waals surface area (Å²) >= 11 is 5.88. The Morgan fingerprint density at radius 2 is 1.95 bits per heavy atom. The summed E-state index contributed by atoms with van der Waals surface area (Å²) in [6.45, 7) is 1.07. The Morgan fingerprint density at radius 1 is 1.29 bits per heavy atom. The number of hydrogen-bond acceptors (Lipinski definition) is 4. The Morgan fingerprint density at radius 3 is 2.57 bits per heavy atom. The summed E-state index contributed by atoms with van der Waals surface area (Å²) in [6, 6.07) is 4.46. The van der Waals surface area contributed by atoms with Crippen LogP contribution in [0, 0.1) is 0 Å². The molecule has 0 aromatic heterocycles. The van der Waals surface area contributed by atoms with Crippen LogP contribution in [0.4, 0.5) is 5.69 Å². The number of carbonyl (C=O) groups excluding carboxylic acids is 1. The van der Waals surface area contributed by atoms with Crippen LogP contribution in [0.5, 0.6) is 0 Å². The number of nitrogen functional groups attached to an aromatic ring is 1. The second kappa shape index (κ2) is 6.64. The van der Waals surface area contributed by atoms with Crippen molar-refractivity contribution in [2.75, 3.05) is 25.4 Å². The molecule has 21 heavy (non-hydrogen) atoms. The lowest BCUT2D eigenvalue weighted by Gasteiger charge is -2.26. The molecule has 1 amide bonds. The Kier molecular flexibility index (Phi) is 5.08. The Hall–Kier alpha value is -1.31. The molecule has 8 heteroatoms. The highest BCUT2D eigenvalue weighted by molar-refractivity contribution is 7.89. The first-order valence-electron chi connectivity index (χ1n) is 6.73. The fraction of sp³-hybridized carbons (Fsp3) is 0.462. The quantitative estimate of drug-likeness (QED) is 0.811. The first-order valence-corrected chi connectivity index (χ1v) is 8.59. The summed E-state index contributed by atoms with van der Waals surface area (Å²) in [5.74, 6) is -0.232. The number of piperidine rings is 1. The average Bonchev–Trinajstić information content (AvgIpc) is 2.45. The third kappa shape index (κ3) is 3.87. The van der Waals surface area contributed by atoms with Crippen molar-refractivity contribution in [1.29, 1.82) is 0 Å². The van der Waals surface area contributed by atoms with E-state index in [1.165, 1.54) is 12.1 Å². The van der Waals surface area contributed by atoms with Crippen molar-refractivity contribution in [2.45, 2.75) is 24.2 Å². The molecule has 1 aromatic carbocycles. The smallest absolute Gasteiger partial charge is 0.244 e. The molecular weight excluding hydrogens is 314 g/mol. The molecule has 1 fully saturated rings. The van der Waals surface area contributed by atoms with Crippen molar-refractivity contribution in [2.24, 2.45) is 0 Å². The average molecular weight is 332 g/mol. The van der Waals surface area contributed by atoms with Crippen LogP contribution in [-0.4, -0.2) is 38.9 Å². The molecule has 1 aromatic rings. The highest BCUT2D eigenvalue weighted by atomic mass is 35.5. The normalized spacial score (nSPS) is 16.0. The minimum Gasteiger partial charge on any atom is -0.398 e. The predicted molar refractivity (Wildman–Crippen MR) is 81.5 cm³/mol. The fourth-order valence-electron chi connectivity index (χ4n) is 2.29. The van der Waals surface area contributed by atoms with E-state index in [0.717, 1.165) is 19.3 Å². The van der Waals surface area contributed by atoms with Gasteiger partial charge in [0.05, 0.1) is 17.3 Å². The summed E-state index contributed by atoms with van der Waals surface area (Å²) in [7, 11) is -3.91. The van der Waals surface area contributed by atoms with Gasteiger partial charge in [0.15, 0.2) is 0 Å². The molecule has 0 bridgehead atoms. The number of carbonyl (C=O) groups is 1. The van der Waals surface area contributed by atoms with Crippen molar-refractivity contribution >= 4 is 33.2 Å². The van der Waals surface area contributed by atoms with Gasteiger partial charge in [-0.3, -0.25) is 4.79 Å². The number of sulfonamides is 1. The van der Waals surface area contributed by atoms with Gasteiger partial charge in [0.2, 0.25) is 15.9 Å². The number of anilines is 1. The second-order valence-electron chi connectivity index (χ2n) is 4.92. The molecule has 1 saturated heterocycles. The minimum absolute atomic E-state index is 0.0351. The van der Waals surface area contributed by atoms with E-state index in [0.29, 0.717) is 13.1 Å². The molecule has 1 aliphatic rings. The Labute approximate surface area is 129 Å². The summed E-state index contributed by atoms with van der Waals surface area (Å²) in [5.41, 5.74) is 5.71. The maximum Gasteiger partial charge on any atom is 0.244 e. The van der Waals surface area contributed by atoms with Crippen LogP contribution in [0.1, 0.15) is 19.3 Å². The van der Waals surface area contributed by atoms with Crippen LogP contribution in [0.15, 0.2) is 23.1 Å². The molecule has 0 saturated carbocycles. The van der Waals surface area contributed by atoms with Crippen molar-refractivity contribution in [1.82, 2.24) is 9.62 Å². The Balaban J connectivity index is 2.06. The number of likely N-dealkylation sites (tertiary alicyclic amines) is 1. The second-order valence-corrected chi connectivity index (χ2v) is 7.04. The van der Waals surface area contributed by atoms with Crippen molar-refractivity contribution in [3.63, 3.8) is 0 Å². The van der Waals surface area contributed by atoms with E-state index in [2.05, 4.69) is 4.72 Å². The van der Waals surface area contributed by atoms with Gasteiger partial charge >= 0.3 is 0 Å². The standard InChI is InChI=1S/C13H18ClN3O3S/c14-10-5-4-6-11(15)13(10)21(19,20)16-9-12(18)17-7-2-1-3-8-17/h4-6,16H,1-3,7-9,15H2. The zero-order valence-electron chi connectivity index (χ0n) is 11.5. The number of nitrogens with zero attached hydrogens (tertiary/aromatic N) is 1. The number of nitrogens with one attached hydrogen (secondary N) is 1. The van der Waals surface area contributed by atoms with Crippen molar-refractivity contribution < 1.29 is 13.2 Å². The zero-order chi connectivity index (χ0) is 15.5. The molecule has 1 heterocycles. The minimum atomic E-state index is -3.91. The van der Waals surface area contributed by atoms with Gasteiger partial charge in [-0.15, -0.1) is 0 Å². The van der Waals surface area contributed by atoms with E-state index >= 15 is 0 Å². The summed E-state index contributed by atoms with van der Waals surface area (Å²) in [6.07, 6.45) is 3.01. The molecule has 0 aliphatic carbocycles. The van der Waals surface area contributed by atoms with Gasteiger partial charge in [0.1, 0.15) is 4.90 Å². The lowest BCUT2D eigenvalue weighted by molar-refractivity contribution is -0.130. The van der Waals surface area contributed by atoms with E-state index in [1.807, 2.05) is 0 Å². The van der Waals surface area contributed by atoms with E-state index in [9.17, 15) is 13.2 Å². The van der Waals surface area contributed by atoms with E-state index in [1.54, 1.807) is 11.0 Å². The number of nitrogens with two attached hydrogens (primary N) is 1. The summed E-state index contributed by atoms with van der Waals surface area (Å²) in [5, 5.41) is 0.0351. The number of benzene rings is 1. The largest absolute Gasteiger partial charge is 0.398 e. The molecule has 0 radical (unpaired) electrons. The monoisotopic (exact) mass is 331 g/mol. The highest BCUT2D eigenvalue weighted by Gasteiger charge is 2.23. The molecule has 6 nitrogen and oxygen atoms in total. The number of halogens is 1. The maximum atomic E-state index is 12.2. The van der Waals surface area contributed by atoms with E-state index < -0.39 is 10.0 Å². The van der Waals surface area contributed by atoms with Gasteiger partial charge in [0, 0.05) is 13.1 Å². The predicted octanol–water partition coefficient (Wildman–Crippen LogP) is 1.21. The van der Waals surface area contributed by atoms with Crippen LogP contribution in [0.25, 0.3) is 0 Å². The van der Waals surface area contributed by atoms with Crippen molar-refractivity contribution in [3.05, 3.63) is 23.2 Å². The molecule has 0 atom stereocenters. The lowest BCUT2D eigenvalue weighted by atomic mass is 10.1. The summed E-state index contributed by atoms with van der Waals surface area (Å²) in [4.78, 5) is 13.5. The topological polar surface area (TPSA) is 92.5 Å². The first kappa shape index (κ1) is 16.1. The lowest BCUT2D eigenvalue weighted by Crippen LogP contribution is -2.42. The van der Waals surface area contributed by atoms with E-state index in [4.69, 9.17) is 17.3 Å². The summed E-state index contributed by atoms with van der Waals surface area (Å²) < 4.78 is 26.7. The van der Waals surface area contributed by atoms with E-state index in [-0.39, 0.29) is 28.1 Å². The highest BCUT2D eigenvalue weighted by Crippen LogP contribution is 2.26. The van der Waals surface area contributed by atoms with Crippen molar-refractivity contribution in [3.8, 4) is 0 Å². The number of hydrogen-bond donors (Lipinski definition) is 2.